The highest BCUT2D eigenvalue weighted by Gasteiger charge is 2.77. The van der Waals surface area contributed by atoms with Crippen molar-refractivity contribution in [3.05, 3.63) is 34.9 Å². The Bertz CT molecular complexity index is 1080. The van der Waals surface area contributed by atoms with Crippen LogP contribution in [-0.2, 0) is 30.1 Å². The maximum Gasteiger partial charge on any atom is 0.510 e. The van der Waals surface area contributed by atoms with Crippen LogP contribution in [0.2, 0.25) is 0 Å². The zero-order chi connectivity index (χ0) is 35.1. The predicted molar refractivity (Wildman–Crippen MR) is 137 cm³/mol. The van der Waals surface area contributed by atoms with Gasteiger partial charge in [0.1, 0.15) is 11.2 Å². The molecule has 0 aliphatic rings. The second-order valence-electron chi connectivity index (χ2n) is 11.6. The van der Waals surface area contributed by atoms with Gasteiger partial charge in [-0.3, -0.25) is 0 Å². The van der Waals surface area contributed by atoms with Gasteiger partial charge in [-0.25, -0.2) is 9.59 Å². The van der Waals surface area contributed by atoms with Gasteiger partial charge in [0.05, 0.1) is 0 Å². The zero-order valence-electron chi connectivity index (χ0n) is 24.5. The van der Waals surface area contributed by atoms with Crippen molar-refractivity contribution in [3.63, 3.8) is 0 Å². The fourth-order valence-corrected chi connectivity index (χ4v) is 4.21. The molecule has 0 spiro atoms. The highest BCUT2D eigenvalue weighted by atomic mass is 35.5. The Morgan fingerprint density at radius 3 is 1.14 bits per heavy atom. The van der Waals surface area contributed by atoms with Crippen LogP contribution in [0.1, 0.15) is 84.4 Å². The molecule has 1 rings (SSSR count). The standard InChI is InChI=1S/C26H30Cl2F10O6/c1-9-13(2)14-10-15(21(23(27,29)30,25(33,34)35)43-17(39)41-19(3,4)5)12-16(11-14)22(24(28,31)32,26(36,37)38)44-18(40)42-20(6,7)8/h10-13H,9H2,1-8H3. The molecule has 0 amide bonds. The monoisotopic (exact) mass is 698 g/mol. The summed E-state index contributed by atoms with van der Waals surface area (Å²) >= 11 is 9.74. The lowest BCUT2D eigenvalue weighted by Gasteiger charge is -2.41. The molecule has 0 N–H and O–H groups in total. The van der Waals surface area contributed by atoms with E-state index in [4.69, 9.17) is 23.2 Å². The van der Waals surface area contributed by atoms with Gasteiger partial charge in [0.15, 0.2) is 0 Å². The van der Waals surface area contributed by atoms with E-state index < -0.39 is 86.5 Å². The molecule has 254 valence electrons. The van der Waals surface area contributed by atoms with E-state index in [1.807, 2.05) is 0 Å². The molecule has 0 saturated heterocycles. The number of hydrogen-bond donors (Lipinski definition) is 0. The Balaban J connectivity index is 4.47. The molecule has 0 fully saturated rings. The highest BCUT2D eigenvalue weighted by molar-refractivity contribution is 6.23. The summed E-state index contributed by atoms with van der Waals surface area (Å²) in [4.78, 5) is 24.7. The van der Waals surface area contributed by atoms with Gasteiger partial charge >= 0.3 is 46.6 Å². The van der Waals surface area contributed by atoms with E-state index in [1.54, 1.807) is 0 Å². The Hall–Kier alpha value is -2.36. The fourth-order valence-electron chi connectivity index (χ4n) is 3.70. The molecule has 6 nitrogen and oxygen atoms in total. The van der Waals surface area contributed by atoms with Gasteiger partial charge in [0, 0.05) is 11.1 Å². The molecule has 18 heteroatoms. The van der Waals surface area contributed by atoms with Gasteiger partial charge in [0.25, 0.3) is 0 Å². The van der Waals surface area contributed by atoms with Crippen molar-refractivity contribution in [3.8, 4) is 0 Å². The average molecular weight is 699 g/mol. The van der Waals surface area contributed by atoms with Gasteiger partial charge < -0.3 is 18.9 Å². The van der Waals surface area contributed by atoms with Crippen molar-refractivity contribution >= 4 is 35.5 Å². The van der Waals surface area contributed by atoms with Crippen molar-refractivity contribution in [2.24, 2.45) is 0 Å². The minimum absolute atomic E-state index is 0.102. The summed E-state index contributed by atoms with van der Waals surface area (Å²) < 4.78 is 165. The number of carbonyl (C=O) groups excluding carboxylic acids is 2. The summed E-state index contributed by atoms with van der Waals surface area (Å²) in [7, 11) is 0. The molecule has 3 atom stereocenters. The zero-order valence-corrected chi connectivity index (χ0v) is 26.0. The third-order valence-corrected chi connectivity index (χ3v) is 6.33. The summed E-state index contributed by atoms with van der Waals surface area (Å²) in [6.45, 7) is 9.21. The van der Waals surface area contributed by atoms with E-state index in [0.717, 1.165) is 41.5 Å². The third kappa shape index (κ3) is 8.46. The largest absolute Gasteiger partial charge is 0.510 e. The number of halogens is 12. The van der Waals surface area contributed by atoms with E-state index in [-0.39, 0.29) is 18.6 Å². The SMILES string of the molecule is CCC(C)c1cc(C(OC(=O)OC(C)(C)C)(C(F)(F)F)C(F)(F)Cl)cc(C(OC(=O)OC(C)(C)C)(C(F)(F)F)C(F)(F)Cl)c1. The normalized spacial score (nSPS) is 17.2. The van der Waals surface area contributed by atoms with E-state index in [2.05, 4.69) is 18.9 Å². The molecule has 44 heavy (non-hydrogen) atoms. The molecule has 0 aromatic heterocycles. The van der Waals surface area contributed by atoms with Crippen LogP contribution >= 0.6 is 23.2 Å². The lowest BCUT2D eigenvalue weighted by atomic mass is 9.82. The minimum atomic E-state index is -6.45. The van der Waals surface area contributed by atoms with Crippen molar-refractivity contribution in [2.75, 3.05) is 0 Å². The minimum Gasteiger partial charge on any atom is -0.429 e. The van der Waals surface area contributed by atoms with E-state index in [9.17, 15) is 53.5 Å². The summed E-state index contributed by atoms with van der Waals surface area (Å²) in [5.74, 6) is -1.12. The number of benzene rings is 1. The fraction of sp³-hybridized carbons (Fsp3) is 0.692. The molecular formula is C26H30Cl2F10O6. The molecular weight excluding hydrogens is 669 g/mol. The predicted octanol–water partition coefficient (Wildman–Crippen LogP) is 10.3. The Morgan fingerprint density at radius 1 is 0.636 bits per heavy atom. The third-order valence-electron chi connectivity index (χ3n) is 5.80. The van der Waals surface area contributed by atoms with Crippen LogP contribution in [0.3, 0.4) is 0 Å². The van der Waals surface area contributed by atoms with E-state index >= 15 is 0 Å². The lowest BCUT2D eigenvalue weighted by molar-refractivity contribution is -0.323. The van der Waals surface area contributed by atoms with Crippen molar-refractivity contribution in [2.45, 2.75) is 113 Å². The summed E-state index contributed by atoms with van der Waals surface area (Å²) in [5.41, 5.74) is -18.8. The summed E-state index contributed by atoms with van der Waals surface area (Å²) in [6.07, 6.45) is -17.8. The Labute approximate surface area is 256 Å². The molecule has 3 unspecified atom stereocenters. The lowest BCUT2D eigenvalue weighted by Crippen LogP contribution is -2.58. The Morgan fingerprint density at radius 2 is 0.932 bits per heavy atom. The van der Waals surface area contributed by atoms with Crippen LogP contribution < -0.4 is 0 Å². The first-order valence-corrected chi connectivity index (χ1v) is 13.3. The quantitative estimate of drug-likeness (QED) is 0.153. The van der Waals surface area contributed by atoms with Crippen LogP contribution in [0.25, 0.3) is 0 Å². The van der Waals surface area contributed by atoms with Crippen molar-refractivity contribution < 1.29 is 72.4 Å². The first-order chi connectivity index (χ1) is 19.3. The van der Waals surface area contributed by atoms with Crippen molar-refractivity contribution in [1.29, 1.82) is 0 Å². The smallest absolute Gasteiger partial charge is 0.429 e. The van der Waals surface area contributed by atoms with Crippen LogP contribution in [0, 0.1) is 0 Å². The number of alkyl halides is 12. The molecule has 1 aromatic carbocycles. The second kappa shape index (κ2) is 12.4. The maximum atomic E-state index is 14.9. The molecule has 0 bridgehead atoms. The number of hydrogen-bond acceptors (Lipinski definition) is 6. The van der Waals surface area contributed by atoms with Crippen LogP contribution in [0.15, 0.2) is 18.2 Å². The van der Waals surface area contributed by atoms with E-state index in [1.165, 1.54) is 13.8 Å². The molecule has 0 aliphatic heterocycles. The van der Waals surface area contributed by atoms with Gasteiger partial charge in [-0.05, 0) is 88.7 Å². The topological polar surface area (TPSA) is 71.1 Å². The molecule has 0 radical (unpaired) electrons. The van der Waals surface area contributed by atoms with Crippen LogP contribution in [0.5, 0.6) is 0 Å². The molecule has 0 aliphatic carbocycles. The second-order valence-corrected chi connectivity index (χ2v) is 12.6. The number of ether oxygens (including phenoxy) is 4. The molecule has 0 saturated carbocycles. The first-order valence-electron chi connectivity index (χ1n) is 12.5. The molecule has 0 heterocycles. The van der Waals surface area contributed by atoms with Gasteiger partial charge in [-0.15, -0.1) is 0 Å². The van der Waals surface area contributed by atoms with Gasteiger partial charge in [0.2, 0.25) is 0 Å². The van der Waals surface area contributed by atoms with Gasteiger partial charge in [-0.1, -0.05) is 26.0 Å². The summed E-state index contributed by atoms with van der Waals surface area (Å²) in [6, 6.07) is -0.0201. The Kier molecular flexibility index (Phi) is 11.2. The highest BCUT2D eigenvalue weighted by Crippen LogP contribution is 2.58. The van der Waals surface area contributed by atoms with Crippen molar-refractivity contribution in [1.82, 2.24) is 0 Å². The van der Waals surface area contributed by atoms with Crippen LogP contribution in [-0.4, -0.2) is 46.6 Å². The van der Waals surface area contributed by atoms with E-state index in [0.29, 0.717) is 0 Å². The first kappa shape index (κ1) is 39.7. The molecule has 1 aromatic rings. The number of carbonyl (C=O) groups is 2. The van der Waals surface area contributed by atoms with Gasteiger partial charge in [-0.2, -0.15) is 43.9 Å². The van der Waals surface area contributed by atoms with Crippen LogP contribution in [0.4, 0.5) is 53.5 Å². The maximum absolute atomic E-state index is 14.9. The number of rotatable bonds is 8. The summed E-state index contributed by atoms with van der Waals surface area (Å²) in [5, 5.41) is -11.4. The average Bonchev–Trinajstić information content (AvgIpc) is 2.74.